The van der Waals surface area contributed by atoms with Gasteiger partial charge in [-0.1, -0.05) is 12.1 Å². The molecule has 166 valence electrons. The third-order valence-electron chi connectivity index (χ3n) is 3.81. The van der Waals surface area contributed by atoms with Gasteiger partial charge in [0.05, 0.1) is 20.6 Å². The molecule has 0 bridgehead atoms. The van der Waals surface area contributed by atoms with Gasteiger partial charge < -0.3 is 30.6 Å². The highest BCUT2D eigenvalue weighted by molar-refractivity contribution is 5.92. The number of methoxy groups -OCH3 is 2. The zero-order chi connectivity index (χ0) is 22.9. The van der Waals surface area contributed by atoms with Gasteiger partial charge in [0.15, 0.2) is 0 Å². The number of primary amides is 1. The zero-order valence-corrected chi connectivity index (χ0v) is 17.8. The minimum Gasteiger partial charge on any atom is -0.497 e. The number of benzene rings is 1. The summed E-state index contributed by atoms with van der Waals surface area (Å²) in [7, 11) is 2.65. The molecule has 30 heavy (non-hydrogen) atoms. The second-order valence-corrected chi connectivity index (χ2v) is 7.51. The number of esters is 1. The SMILES string of the molecule is COC(=O)[C@H](CC(N)=O)NC(=O)[C@H](Cc1ccc(OC)cc1)NC(=O)OC(C)(C)C. The first-order valence-electron chi connectivity index (χ1n) is 9.24. The summed E-state index contributed by atoms with van der Waals surface area (Å²) in [4.78, 5) is 48.1. The van der Waals surface area contributed by atoms with E-state index >= 15 is 0 Å². The van der Waals surface area contributed by atoms with Crippen LogP contribution in [0.25, 0.3) is 0 Å². The molecule has 2 atom stereocenters. The summed E-state index contributed by atoms with van der Waals surface area (Å²) in [5.74, 6) is -1.69. The topological polar surface area (TPSA) is 146 Å². The minimum absolute atomic E-state index is 0.0968. The number of carbonyl (C=O) groups excluding carboxylic acids is 4. The molecule has 0 aromatic heterocycles. The fourth-order valence-corrected chi connectivity index (χ4v) is 2.47. The Morgan fingerprint density at radius 2 is 1.60 bits per heavy atom. The van der Waals surface area contributed by atoms with E-state index < -0.39 is 48.0 Å². The molecule has 0 aliphatic rings. The average molecular weight is 423 g/mol. The summed E-state index contributed by atoms with van der Waals surface area (Å²) in [6, 6.07) is 4.52. The van der Waals surface area contributed by atoms with E-state index in [0.29, 0.717) is 5.75 Å². The van der Waals surface area contributed by atoms with Crippen molar-refractivity contribution in [3.05, 3.63) is 29.8 Å². The van der Waals surface area contributed by atoms with E-state index in [9.17, 15) is 19.2 Å². The van der Waals surface area contributed by atoms with Crippen molar-refractivity contribution in [3.63, 3.8) is 0 Å². The molecule has 1 rings (SSSR count). The second-order valence-electron chi connectivity index (χ2n) is 7.51. The van der Waals surface area contributed by atoms with Crippen LogP contribution in [0.2, 0.25) is 0 Å². The van der Waals surface area contributed by atoms with Crippen LogP contribution in [0.15, 0.2) is 24.3 Å². The van der Waals surface area contributed by atoms with Crippen LogP contribution in [-0.4, -0.2) is 55.8 Å². The summed E-state index contributed by atoms with van der Waals surface area (Å²) in [5, 5.41) is 4.89. The van der Waals surface area contributed by atoms with Crippen LogP contribution in [0.3, 0.4) is 0 Å². The number of carbonyl (C=O) groups is 4. The Morgan fingerprint density at radius 1 is 1.00 bits per heavy atom. The number of amides is 3. The number of hydrogen-bond donors (Lipinski definition) is 3. The molecule has 10 heteroatoms. The lowest BCUT2D eigenvalue weighted by atomic mass is 10.0. The molecule has 0 aliphatic heterocycles. The third kappa shape index (κ3) is 8.80. The fourth-order valence-electron chi connectivity index (χ4n) is 2.47. The van der Waals surface area contributed by atoms with Gasteiger partial charge >= 0.3 is 12.1 Å². The predicted octanol–water partition coefficient (Wildman–Crippen LogP) is 0.664. The van der Waals surface area contributed by atoms with E-state index in [2.05, 4.69) is 15.4 Å². The standard InChI is InChI=1S/C20H29N3O7/c1-20(2,3)30-19(27)23-14(10-12-6-8-13(28-4)9-7-12)17(25)22-15(11-16(21)24)18(26)29-5/h6-9,14-15H,10-11H2,1-5H3,(H2,21,24)(H,22,25)(H,23,27)/t14-,15-/m0/s1. The molecule has 0 fully saturated rings. The quantitative estimate of drug-likeness (QED) is 0.495. The van der Waals surface area contributed by atoms with E-state index in [4.69, 9.17) is 15.2 Å². The molecular weight excluding hydrogens is 394 g/mol. The van der Waals surface area contributed by atoms with Gasteiger partial charge in [0.2, 0.25) is 11.8 Å². The van der Waals surface area contributed by atoms with Crippen molar-refractivity contribution in [2.45, 2.75) is 51.3 Å². The van der Waals surface area contributed by atoms with Gasteiger partial charge in [0.25, 0.3) is 0 Å². The van der Waals surface area contributed by atoms with Crippen LogP contribution in [0, 0.1) is 0 Å². The summed E-state index contributed by atoms with van der Waals surface area (Å²) in [5.41, 5.74) is 5.09. The molecule has 0 unspecified atom stereocenters. The van der Waals surface area contributed by atoms with Gasteiger partial charge in [-0.2, -0.15) is 0 Å². The summed E-state index contributed by atoms with van der Waals surface area (Å²) in [6.45, 7) is 5.06. The monoisotopic (exact) mass is 423 g/mol. The van der Waals surface area contributed by atoms with Gasteiger partial charge in [-0.05, 0) is 38.5 Å². The Morgan fingerprint density at radius 3 is 2.07 bits per heavy atom. The van der Waals surface area contributed by atoms with Gasteiger partial charge in [0, 0.05) is 6.42 Å². The number of hydrogen-bond acceptors (Lipinski definition) is 7. The highest BCUT2D eigenvalue weighted by Crippen LogP contribution is 2.14. The van der Waals surface area contributed by atoms with Crippen molar-refractivity contribution in [3.8, 4) is 5.75 Å². The van der Waals surface area contributed by atoms with Crippen LogP contribution in [0.5, 0.6) is 5.75 Å². The lowest BCUT2D eigenvalue weighted by Gasteiger charge is -2.24. The molecule has 10 nitrogen and oxygen atoms in total. The summed E-state index contributed by atoms with van der Waals surface area (Å²) in [6.07, 6.45) is -1.15. The zero-order valence-electron chi connectivity index (χ0n) is 17.8. The van der Waals surface area contributed by atoms with Crippen molar-refractivity contribution >= 4 is 23.9 Å². The molecule has 0 spiro atoms. The lowest BCUT2D eigenvalue weighted by molar-refractivity contribution is -0.146. The maximum Gasteiger partial charge on any atom is 0.408 e. The van der Waals surface area contributed by atoms with Crippen molar-refractivity contribution in [1.29, 1.82) is 0 Å². The Bertz CT molecular complexity index is 757. The molecule has 4 N–H and O–H groups in total. The number of rotatable bonds is 9. The minimum atomic E-state index is -1.28. The lowest BCUT2D eigenvalue weighted by Crippen LogP contribution is -2.54. The number of alkyl carbamates (subject to hydrolysis) is 1. The van der Waals surface area contributed by atoms with Crippen molar-refractivity contribution in [2.75, 3.05) is 14.2 Å². The highest BCUT2D eigenvalue weighted by Gasteiger charge is 2.30. The van der Waals surface area contributed by atoms with Crippen LogP contribution in [0.1, 0.15) is 32.8 Å². The Labute approximate surface area is 175 Å². The number of nitrogens with two attached hydrogens (primary N) is 1. The van der Waals surface area contributed by atoms with Crippen LogP contribution < -0.4 is 21.1 Å². The van der Waals surface area contributed by atoms with E-state index in [0.717, 1.165) is 12.7 Å². The predicted molar refractivity (Wildman–Crippen MR) is 108 cm³/mol. The third-order valence-corrected chi connectivity index (χ3v) is 3.81. The molecular formula is C20H29N3O7. The van der Waals surface area contributed by atoms with E-state index in [1.165, 1.54) is 7.11 Å². The number of nitrogens with one attached hydrogen (secondary N) is 2. The van der Waals surface area contributed by atoms with E-state index in [-0.39, 0.29) is 6.42 Å². The smallest absolute Gasteiger partial charge is 0.408 e. The van der Waals surface area contributed by atoms with Crippen molar-refractivity contribution < 1.29 is 33.4 Å². The van der Waals surface area contributed by atoms with Crippen LogP contribution >= 0.6 is 0 Å². The molecule has 0 saturated carbocycles. The normalized spacial score (nSPS) is 12.8. The molecule has 0 heterocycles. The van der Waals surface area contributed by atoms with E-state index in [1.807, 2.05) is 0 Å². The molecule has 0 radical (unpaired) electrons. The Kier molecular flexibility index (Phi) is 9.10. The Hall–Kier alpha value is -3.30. The maximum absolute atomic E-state index is 12.8. The Balaban J connectivity index is 3.03. The van der Waals surface area contributed by atoms with Gasteiger partial charge in [-0.15, -0.1) is 0 Å². The van der Waals surface area contributed by atoms with Gasteiger partial charge in [-0.3, -0.25) is 9.59 Å². The molecule has 1 aromatic rings. The summed E-state index contributed by atoms with van der Waals surface area (Å²) < 4.78 is 14.9. The van der Waals surface area contributed by atoms with Gasteiger partial charge in [0.1, 0.15) is 23.4 Å². The van der Waals surface area contributed by atoms with Crippen molar-refractivity contribution in [2.24, 2.45) is 5.73 Å². The largest absolute Gasteiger partial charge is 0.497 e. The first-order valence-corrected chi connectivity index (χ1v) is 9.24. The van der Waals surface area contributed by atoms with Gasteiger partial charge in [-0.25, -0.2) is 9.59 Å². The highest BCUT2D eigenvalue weighted by atomic mass is 16.6. The molecule has 0 saturated heterocycles. The first-order chi connectivity index (χ1) is 13.9. The van der Waals surface area contributed by atoms with Crippen molar-refractivity contribution in [1.82, 2.24) is 10.6 Å². The molecule has 0 aliphatic carbocycles. The van der Waals surface area contributed by atoms with Crippen LogP contribution in [0.4, 0.5) is 4.79 Å². The number of ether oxygens (including phenoxy) is 3. The second kappa shape index (κ2) is 11.0. The maximum atomic E-state index is 12.8. The van der Waals surface area contributed by atoms with Crippen LogP contribution in [-0.2, 0) is 30.3 Å². The summed E-state index contributed by atoms with van der Waals surface area (Å²) >= 11 is 0. The van der Waals surface area contributed by atoms with E-state index in [1.54, 1.807) is 45.0 Å². The average Bonchev–Trinajstić information content (AvgIpc) is 2.65. The fraction of sp³-hybridized carbons (Fsp3) is 0.500. The first kappa shape index (κ1) is 24.7. The molecule has 3 amide bonds. The molecule has 1 aromatic carbocycles.